The molecule has 1 aromatic heterocycles. The van der Waals surface area contributed by atoms with Gasteiger partial charge < -0.3 is 4.90 Å². The molecule has 0 spiro atoms. The second-order valence-corrected chi connectivity index (χ2v) is 7.86. The molecular weight excluding hydrogens is 310 g/mol. The Hall–Kier alpha value is -0.830. The number of likely N-dealkylation sites (N-methyl/N-ethyl adjacent to an activating group) is 1. The molecule has 0 radical (unpaired) electrons. The van der Waals surface area contributed by atoms with Gasteiger partial charge in [0.25, 0.3) is 0 Å². The number of fused-ring (bicyclic) bond motifs is 3. The van der Waals surface area contributed by atoms with Crippen LogP contribution >= 0.6 is 23.7 Å². The standard InChI is InChI=1S/C19H23NS.ClH/c1-12-11-21-19-15(12)5-4-6-16(19)18-14-8-7-13(9-14)17(18)10-20(2)3;/h4-6,11,13-14H,7-10H2,1-3H3;1H. The third kappa shape index (κ3) is 2.42. The molecular formula is C19H24ClNS. The van der Waals surface area contributed by atoms with Crippen LogP contribution in [0.5, 0.6) is 0 Å². The molecule has 2 atom stereocenters. The molecule has 0 N–H and O–H groups in total. The first kappa shape index (κ1) is 16.0. The van der Waals surface area contributed by atoms with Gasteiger partial charge in [-0.2, -0.15) is 0 Å². The molecule has 2 unspecified atom stereocenters. The van der Waals surface area contributed by atoms with Gasteiger partial charge in [0.1, 0.15) is 0 Å². The van der Waals surface area contributed by atoms with E-state index >= 15 is 0 Å². The fraction of sp³-hybridized carbons (Fsp3) is 0.474. The second-order valence-electron chi connectivity index (χ2n) is 6.98. The third-order valence-electron chi connectivity index (χ3n) is 5.25. The van der Waals surface area contributed by atoms with Gasteiger partial charge in [-0.1, -0.05) is 18.2 Å². The van der Waals surface area contributed by atoms with Crippen LogP contribution < -0.4 is 0 Å². The summed E-state index contributed by atoms with van der Waals surface area (Å²) in [4.78, 5) is 2.34. The lowest BCUT2D eigenvalue weighted by atomic mass is 9.86. The van der Waals surface area contributed by atoms with Crippen molar-refractivity contribution in [1.82, 2.24) is 4.90 Å². The number of rotatable bonds is 3. The number of aryl methyl sites for hydroxylation is 1. The van der Waals surface area contributed by atoms with Crippen molar-refractivity contribution in [2.24, 2.45) is 11.8 Å². The highest BCUT2D eigenvalue weighted by Gasteiger charge is 2.39. The molecule has 1 heterocycles. The Labute approximate surface area is 143 Å². The van der Waals surface area contributed by atoms with E-state index in [1.54, 1.807) is 11.1 Å². The van der Waals surface area contributed by atoms with Crippen molar-refractivity contribution in [1.29, 1.82) is 0 Å². The molecule has 2 aliphatic rings. The maximum atomic E-state index is 2.37. The van der Waals surface area contributed by atoms with Crippen LogP contribution in [0.4, 0.5) is 0 Å². The normalized spacial score (nSPS) is 23.6. The molecule has 2 bridgehead atoms. The van der Waals surface area contributed by atoms with Gasteiger partial charge in [0.15, 0.2) is 0 Å². The maximum absolute atomic E-state index is 2.37. The van der Waals surface area contributed by atoms with Gasteiger partial charge in [0, 0.05) is 11.2 Å². The Morgan fingerprint density at radius 2 is 1.95 bits per heavy atom. The van der Waals surface area contributed by atoms with Crippen molar-refractivity contribution >= 4 is 39.4 Å². The molecule has 1 fully saturated rings. The molecule has 1 aromatic carbocycles. The summed E-state index contributed by atoms with van der Waals surface area (Å²) in [5.74, 6) is 1.67. The Bertz CT molecular complexity index is 728. The molecule has 2 aliphatic carbocycles. The predicted molar refractivity (Wildman–Crippen MR) is 100 cm³/mol. The minimum absolute atomic E-state index is 0. The summed E-state index contributed by atoms with van der Waals surface area (Å²) in [5.41, 5.74) is 6.40. The molecule has 3 heteroatoms. The molecule has 4 rings (SSSR count). The van der Waals surface area contributed by atoms with Crippen LogP contribution in [-0.2, 0) is 0 Å². The number of halogens is 1. The van der Waals surface area contributed by atoms with Crippen molar-refractivity contribution in [3.05, 3.63) is 40.3 Å². The number of nitrogens with zero attached hydrogens (tertiary/aromatic N) is 1. The van der Waals surface area contributed by atoms with Gasteiger partial charge in [-0.25, -0.2) is 0 Å². The van der Waals surface area contributed by atoms with Crippen molar-refractivity contribution in [3.8, 4) is 0 Å². The quantitative estimate of drug-likeness (QED) is 0.729. The number of hydrogen-bond donors (Lipinski definition) is 0. The first-order valence-electron chi connectivity index (χ1n) is 8.00. The largest absolute Gasteiger partial charge is 0.305 e. The highest BCUT2D eigenvalue weighted by molar-refractivity contribution is 7.17. The van der Waals surface area contributed by atoms with Crippen molar-refractivity contribution in [2.75, 3.05) is 20.6 Å². The molecule has 1 nitrogen and oxygen atoms in total. The van der Waals surface area contributed by atoms with Gasteiger partial charge >= 0.3 is 0 Å². The van der Waals surface area contributed by atoms with Crippen LogP contribution in [0.25, 0.3) is 15.7 Å². The molecule has 0 aliphatic heterocycles. The van der Waals surface area contributed by atoms with Crippen molar-refractivity contribution in [3.63, 3.8) is 0 Å². The SMILES string of the molecule is Cc1csc2c(C3=C(CN(C)C)C4CCC3C4)cccc12.Cl. The van der Waals surface area contributed by atoms with Crippen molar-refractivity contribution < 1.29 is 0 Å². The summed E-state index contributed by atoms with van der Waals surface area (Å²) in [5, 5.41) is 3.77. The Balaban J connectivity index is 0.00000144. The maximum Gasteiger partial charge on any atom is 0.0420 e. The smallest absolute Gasteiger partial charge is 0.0420 e. The fourth-order valence-corrected chi connectivity index (χ4v) is 5.47. The van der Waals surface area contributed by atoms with Gasteiger partial charge in [0.05, 0.1) is 0 Å². The zero-order chi connectivity index (χ0) is 14.6. The highest BCUT2D eigenvalue weighted by Crippen LogP contribution is 2.53. The van der Waals surface area contributed by atoms with Gasteiger partial charge in [-0.05, 0) is 85.2 Å². The number of allylic oxidation sites excluding steroid dienone is 1. The first-order valence-corrected chi connectivity index (χ1v) is 8.88. The molecule has 0 amide bonds. The molecule has 2 aromatic rings. The Morgan fingerprint density at radius 1 is 1.18 bits per heavy atom. The zero-order valence-electron chi connectivity index (χ0n) is 13.6. The van der Waals surface area contributed by atoms with E-state index in [1.807, 2.05) is 11.3 Å². The second kappa shape index (κ2) is 5.99. The Morgan fingerprint density at radius 3 is 2.73 bits per heavy atom. The van der Waals surface area contributed by atoms with Gasteiger partial charge in [-0.3, -0.25) is 0 Å². The summed E-state index contributed by atoms with van der Waals surface area (Å²) in [6.07, 6.45) is 4.22. The van der Waals surface area contributed by atoms with Crippen LogP contribution in [0.2, 0.25) is 0 Å². The first-order chi connectivity index (χ1) is 10.1. The molecule has 22 heavy (non-hydrogen) atoms. The summed E-state index contributed by atoms with van der Waals surface area (Å²) in [6, 6.07) is 6.90. The monoisotopic (exact) mass is 333 g/mol. The minimum atomic E-state index is 0. The topological polar surface area (TPSA) is 3.24 Å². The van der Waals surface area contributed by atoms with Crippen LogP contribution in [-0.4, -0.2) is 25.5 Å². The number of hydrogen-bond acceptors (Lipinski definition) is 2. The Kier molecular flexibility index (Phi) is 4.37. The molecule has 1 saturated carbocycles. The van der Waals surface area contributed by atoms with Gasteiger partial charge in [0.2, 0.25) is 0 Å². The van der Waals surface area contributed by atoms with Gasteiger partial charge in [-0.15, -0.1) is 23.7 Å². The summed E-state index contributed by atoms with van der Waals surface area (Å²) in [6.45, 7) is 3.37. The zero-order valence-corrected chi connectivity index (χ0v) is 15.2. The van der Waals surface area contributed by atoms with Crippen LogP contribution in [0.3, 0.4) is 0 Å². The van der Waals surface area contributed by atoms with E-state index in [-0.39, 0.29) is 12.4 Å². The van der Waals surface area contributed by atoms with Crippen LogP contribution in [0.1, 0.15) is 30.4 Å². The van der Waals surface area contributed by atoms with E-state index in [0.717, 1.165) is 18.4 Å². The highest BCUT2D eigenvalue weighted by atomic mass is 35.5. The van der Waals surface area contributed by atoms with E-state index in [2.05, 4.69) is 49.5 Å². The van der Waals surface area contributed by atoms with E-state index in [0.29, 0.717) is 0 Å². The van der Waals surface area contributed by atoms with E-state index in [9.17, 15) is 0 Å². The summed E-state index contributed by atoms with van der Waals surface area (Å²) >= 11 is 1.93. The average molecular weight is 334 g/mol. The number of benzene rings is 1. The van der Waals surface area contributed by atoms with E-state index in [1.165, 1.54) is 40.5 Å². The minimum Gasteiger partial charge on any atom is -0.305 e. The fourth-order valence-electron chi connectivity index (χ4n) is 4.39. The summed E-state index contributed by atoms with van der Waals surface area (Å²) < 4.78 is 1.51. The lowest BCUT2D eigenvalue weighted by Crippen LogP contribution is -2.19. The van der Waals surface area contributed by atoms with E-state index in [4.69, 9.17) is 0 Å². The number of thiophene rings is 1. The molecule has 0 saturated heterocycles. The lowest BCUT2D eigenvalue weighted by Gasteiger charge is -2.23. The molecule has 118 valence electrons. The van der Waals surface area contributed by atoms with E-state index < -0.39 is 0 Å². The average Bonchev–Trinajstić information content (AvgIpc) is 3.13. The lowest BCUT2D eigenvalue weighted by molar-refractivity contribution is 0.423. The van der Waals surface area contributed by atoms with Crippen molar-refractivity contribution in [2.45, 2.75) is 26.2 Å². The van der Waals surface area contributed by atoms with Crippen LogP contribution in [0.15, 0.2) is 29.2 Å². The summed E-state index contributed by atoms with van der Waals surface area (Å²) in [7, 11) is 4.40. The predicted octanol–water partition coefficient (Wildman–Crippen LogP) is 5.38. The van der Waals surface area contributed by atoms with Crippen LogP contribution in [0, 0.1) is 18.8 Å². The third-order valence-corrected chi connectivity index (χ3v) is 6.40.